The van der Waals surface area contributed by atoms with Crippen LogP contribution in [-0.2, 0) is 23.4 Å². The molecule has 1 fully saturated rings. The quantitative estimate of drug-likeness (QED) is 0.172. The Morgan fingerprint density at radius 2 is 2.08 bits per heavy atom. The van der Waals surface area contributed by atoms with Crippen molar-refractivity contribution in [3.8, 4) is 5.75 Å². The summed E-state index contributed by atoms with van der Waals surface area (Å²) >= 11 is 6.19. The molecule has 0 aliphatic carbocycles. The topological polar surface area (TPSA) is 159 Å². The number of rotatable bonds is 11. The van der Waals surface area contributed by atoms with Crippen LogP contribution in [0.1, 0.15) is 19.0 Å². The van der Waals surface area contributed by atoms with Gasteiger partial charge in [0.15, 0.2) is 29.4 Å². The first kappa shape index (κ1) is 29.1. The Hall–Kier alpha value is -2.87. The molecule has 4 rings (SSSR count). The number of hydrogen-bond acceptors (Lipinski definition) is 11. The number of nitrogens with one attached hydrogen (secondary N) is 2. The van der Waals surface area contributed by atoms with E-state index < -0.39 is 56.3 Å². The van der Waals surface area contributed by atoms with Gasteiger partial charge < -0.3 is 24.4 Å². The summed E-state index contributed by atoms with van der Waals surface area (Å²) in [5.41, 5.74) is -1.22. The zero-order chi connectivity index (χ0) is 28.4. The second kappa shape index (κ2) is 11.7. The second-order valence-electron chi connectivity index (χ2n) is 8.84. The molecule has 2 aromatic heterocycles. The number of aliphatic hydroxyl groups is 1. The van der Waals surface area contributed by atoms with Gasteiger partial charge in [0.05, 0.1) is 25.9 Å². The number of esters is 1. The number of aryl methyl sites for hydroxylation is 1. The van der Waals surface area contributed by atoms with Crippen LogP contribution in [0.2, 0.25) is 0 Å². The molecule has 0 spiro atoms. The standard InChI is InChI=1S/C23H29ClFN6O7P/c1-13(22(33)35-4)30-39(34,38-15-8-6-5-7-9-15)36-11-23(10-24)18(32)16(25)21(37-23)31-12-27-17-19(26-3)28-14(2)29-20(17)31/h5-9,12-13,16,18,21,32H,10-11H2,1-4H3,(H,30,34)(H,26,28,29)/t13-,16-,18-,21+,23+,39?/m0/s1. The number of imidazole rings is 1. The molecule has 0 amide bonds. The van der Waals surface area contributed by atoms with E-state index in [0.717, 1.165) is 0 Å². The monoisotopic (exact) mass is 586 g/mol. The van der Waals surface area contributed by atoms with Crippen LogP contribution < -0.4 is 14.9 Å². The predicted molar refractivity (Wildman–Crippen MR) is 139 cm³/mol. The third-order valence-corrected chi connectivity index (χ3v) is 8.17. The van der Waals surface area contributed by atoms with E-state index in [1.807, 2.05) is 0 Å². The van der Waals surface area contributed by atoms with Crippen molar-refractivity contribution in [2.45, 2.75) is 44.0 Å². The lowest BCUT2D eigenvalue weighted by atomic mass is 9.99. The van der Waals surface area contributed by atoms with Crippen LogP contribution in [0.25, 0.3) is 11.2 Å². The second-order valence-corrected chi connectivity index (χ2v) is 10.8. The fourth-order valence-corrected chi connectivity index (χ4v) is 5.90. The Morgan fingerprint density at radius 3 is 2.72 bits per heavy atom. The largest absolute Gasteiger partial charge is 0.468 e. The van der Waals surface area contributed by atoms with Crippen molar-refractivity contribution in [2.24, 2.45) is 0 Å². The lowest BCUT2D eigenvalue weighted by Gasteiger charge is -2.31. The third kappa shape index (κ3) is 5.86. The van der Waals surface area contributed by atoms with Crippen molar-refractivity contribution in [2.75, 3.05) is 32.0 Å². The highest BCUT2D eigenvalue weighted by molar-refractivity contribution is 7.52. The summed E-state index contributed by atoms with van der Waals surface area (Å²) in [6.07, 6.45) is -3.87. The number of anilines is 1. The van der Waals surface area contributed by atoms with Crippen LogP contribution in [0, 0.1) is 6.92 Å². The van der Waals surface area contributed by atoms with Crippen LogP contribution in [0.15, 0.2) is 36.7 Å². The molecule has 1 aliphatic heterocycles. The highest BCUT2D eigenvalue weighted by atomic mass is 35.5. The molecule has 13 nitrogen and oxygen atoms in total. The van der Waals surface area contributed by atoms with Crippen molar-refractivity contribution in [3.63, 3.8) is 0 Å². The highest BCUT2D eigenvalue weighted by Crippen LogP contribution is 2.48. The van der Waals surface area contributed by atoms with E-state index in [1.165, 1.54) is 37.1 Å². The minimum absolute atomic E-state index is 0.166. The molecule has 16 heteroatoms. The van der Waals surface area contributed by atoms with Gasteiger partial charge in [0.25, 0.3) is 0 Å². The van der Waals surface area contributed by atoms with Crippen LogP contribution in [0.5, 0.6) is 5.75 Å². The average Bonchev–Trinajstić information content (AvgIpc) is 3.45. The van der Waals surface area contributed by atoms with Crippen molar-refractivity contribution in [1.29, 1.82) is 0 Å². The molecule has 0 radical (unpaired) electrons. The number of para-hydroxylation sites is 1. The van der Waals surface area contributed by atoms with E-state index in [2.05, 4.69) is 30.1 Å². The van der Waals surface area contributed by atoms with Gasteiger partial charge in [0, 0.05) is 7.05 Å². The molecule has 1 aliphatic rings. The Bertz CT molecular complexity index is 1370. The molecule has 1 aromatic carbocycles. The number of halogens is 2. The van der Waals surface area contributed by atoms with Gasteiger partial charge in [-0.1, -0.05) is 18.2 Å². The van der Waals surface area contributed by atoms with E-state index in [9.17, 15) is 14.5 Å². The van der Waals surface area contributed by atoms with Gasteiger partial charge in [0.1, 0.15) is 29.3 Å². The van der Waals surface area contributed by atoms with Gasteiger partial charge in [-0.3, -0.25) is 13.9 Å². The molecular weight excluding hydrogens is 558 g/mol. The number of ether oxygens (including phenoxy) is 2. The summed E-state index contributed by atoms with van der Waals surface area (Å²) in [6.45, 7) is 2.40. The molecule has 6 atom stereocenters. The number of aromatic nitrogens is 4. The van der Waals surface area contributed by atoms with Crippen LogP contribution >= 0.6 is 19.3 Å². The van der Waals surface area contributed by atoms with Gasteiger partial charge in [-0.25, -0.2) is 23.9 Å². The molecule has 0 saturated carbocycles. The minimum atomic E-state index is -4.33. The summed E-state index contributed by atoms with van der Waals surface area (Å²) < 4.78 is 52.5. The number of fused-ring (bicyclic) bond motifs is 1. The molecular formula is C23H29ClFN6O7P. The number of benzene rings is 1. The summed E-state index contributed by atoms with van der Waals surface area (Å²) in [4.78, 5) is 24.9. The van der Waals surface area contributed by atoms with Gasteiger partial charge in [-0.15, -0.1) is 11.6 Å². The lowest BCUT2D eigenvalue weighted by molar-refractivity contribution is -0.142. The van der Waals surface area contributed by atoms with Crippen molar-refractivity contribution < 1.29 is 37.4 Å². The number of aliphatic hydroxyl groups excluding tert-OH is 1. The van der Waals surface area contributed by atoms with Crippen molar-refractivity contribution >= 4 is 42.3 Å². The molecule has 39 heavy (non-hydrogen) atoms. The van der Waals surface area contributed by atoms with E-state index in [4.69, 9.17) is 25.4 Å². The van der Waals surface area contributed by atoms with Gasteiger partial charge >= 0.3 is 13.7 Å². The number of alkyl halides is 2. The smallest absolute Gasteiger partial charge is 0.459 e. The maximum absolute atomic E-state index is 15.6. The lowest BCUT2D eigenvalue weighted by Crippen LogP contribution is -2.48. The molecule has 212 valence electrons. The number of nitrogens with zero attached hydrogens (tertiary/aromatic N) is 4. The van der Waals surface area contributed by atoms with Crippen LogP contribution in [0.4, 0.5) is 10.2 Å². The van der Waals surface area contributed by atoms with Gasteiger partial charge in [-0.2, -0.15) is 5.09 Å². The number of methoxy groups -OCH3 is 1. The third-order valence-electron chi connectivity index (χ3n) is 6.09. The van der Waals surface area contributed by atoms with E-state index in [1.54, 1.807) is 32.2 Å². The van der Waals surface area contributed by atoms with E-state index in [-0.39, 0.29) is 11.4 Å². The van der Waals surface area contributed by atoms with Gasteiger partial charge in [0.2, 0.25) is 0 Å². The fraction of sp³-hybridized carbons (Fsp3) is 0.478. The normalized spacial score (nSPS) is 25.3. The number of carbonyl (C=O) groups is 1. The molecule has 3 N–H and O–H groups in total. The predicted octanol–water partition coefficient (Wildman–Crippen LogP) is 2.74. The summed E-state index contributed by atoms with van der Waals surface area (Å²) in [5.74, 6) is -0.166. The zero-order valence-electron chi connectivity index (χ0n) is 21.6. The number of hydrogen-bond donors (Lipinski definition) is 3. The maximum atomic E-state index is 15.6. The minimum Gasteiger partial charge on any atom is -0.468 e. The molecule has 3 aromatic rings. The SMILES string of the molecule is CNc1nc(C)nc2c1ncn2[C@@H]1O[C@](CCl)(COP(=O)(N[C@@H](C)C(=O)OC)Oc2ccccc2)[C@@H](O)[C@@H]1F. The Morgan fingerprint density at radius 1 is 1.36 bits per heavy atom. The first-order chi connectivity index (χ1) is 18.6. The number of carbonyl (C=O) groups excluding carboxylic acids is 1. The van der Waals surface area contributed by atoms with E-state index in [0.29, 0.717) is 17.2 Å². The van der Waals surface area contributed by atoms with E-state index >= 15 is 4.39 Å². The van der Waals surface area contributed by atoms with Crippen LogP contribution in [0.3, 0.4) is 0 Å². The molecule has 1 unspecified atom stereocenters. The Balaban J connectivity index is 1.62. The van der Waals surface area contributed by atoms with Gasteiger partial charge in [-0.05, 0) is 26.0 Å². The summed E-state index contributed by atoms with van der Waals surface area (Å²) in [7, 11) is -1.50. The first-order valence-electron chi connectivity index (χ1n) is 11.9. The van der Waals surface area contributed by atoms with Crippen molar-refractivity contribution in [1.82, 2.24) is 24.6 Å². The van der Waals surface area contributed by atoms with Crippen molar-refractivity contribution in [3.05, 3.63) is 42.5 Å². The summed E-state index contributed by atoms with van der Waals surface area (Å²) in [5, 5.41) is 16.3. The molecule has 3 heterocycles. The fourth-order valence-electron chi connectivity index (χ4n) is 4.06. The maximum Gasteiger partial charge on any atom is 0.459 e. The zero-order valence-corrected chi connectivity index (χ0v) is 23.2. The molecule has 0 bridgehead atoms. The van der Waals surface area contributed by atoms with Crippen LogP contribution in [-0.4, -0.2) is 81.2 Å². The summed E-state index contributed by atoms with van der Waals surface area (Å²) in [6, 6.07) is 6.97. The average molecular weight is 587 g/mol. The Kier molecular flexibility index (Phi) is 8.74. The first-order valence-corrected chi connectivity index (χ1v) is 13.9. The molecule has 1 saturated heterocycles. The highest BCUT2D eigenvalue weighted by Gasteiger charge is 2.57. The Labute approximate surface area is 228 Å².